The van der Waals surface area contributed by atoms with Gasteiger partial charge < -0.3 is 10.1 Å². The molecule has 9 heteroatoms. The van der Waals surface area contributed by atoms with Crippen molar-refractivity contribution in [1.82, 2.24) is 9.55 Å². The van der Waals surface area contributed by atoms with Crippen molar-refractivity contribution in [3.63, 3.8) is 0 Å². The highest BCUT2D eigenvalue weighted by Gasteiger charge is 2.25. The molecule has 2 aromatic heterocycles. The smallest absolute Gasteiger partial charge is 0.340 e. The number of rotatable bonds is 7. The monoisotopic (exact) mass is 533 g/mol. The van der Waals surface area contributed by atoms with Crippen LogP contribution < -0.4 is 10.9 Å². The number of hydrogen-bond acceptors (Lipinski definition) is 7. The van der Waals surface area contributed by atoms with Gasteiger partial charge in [-0.2, -0.15) is 0 Å². The lowest BCUT2D eigenvalue weighted by Gasteiger charge is -2.17. The molecule has 7 nitrogen and oxygen atoms in total. The summed E-state index contributed by atoms with van der Waals surface area (Å²) >= 11 is 2.79. The highest BCUT2D eigenvalue weighted by molar-refractivity contribution is 7.99. The fourth-order valence-corrected chi connectivity index (χ4v) is 6.80. The summed E-state index contributed by atoms with van der Waals surface area (Å²) in [7, 11) is 0. The van der Waals surface area contributed by atoms with E-state index >= 15 is 0 Å². The number of esters is 1. The van der Waals surface area contributed by atoms with Gasteiger partial charge in [-0.15, -0.1) is 11.3 Å². The summed E-state index contributed by atoms with van der Waals surface area (Å²) < 4.78 is 6.71. The summed E-state index contributed by atoms with van der Waals surface area (Å²) in [6.07, 6.45) is 2.91. The Hall–Kier alpha value is -3.43. The zero-order valence-electron chi connectivity index (χ0n) is 20.7. The van der Waals surface area contributed by atoms with Crippen LogP contribution in [-0.4, -0.2) is 33.8 Å². The Balaban J connectivity index is 1.46. The number of fused-ring (bicyclic) bond motifs is 3. The number of ether oxygens (including phenoxy) is 1. The second-order valence-electron chi connectivity index (χ2n) is 9.01. The van der Waals surface area contributed by atoms with Crippen LogP contribution in [0.3, 0.4) is 0 Å². The maximum atomic E-state index is 13.8. The molecule has 0 fully saturated rings. The van der Waals surface area contributed by atoms with Crippen LogP contribution in [0.2, 0.25) is 0 Å². The molecule has 1 aliphatic carbocycles. The molecule has 2 aromatic carbocycles. The van der Waals surface area contributed by atoms with Gasteiger partial charge in [-0.1, -0.05) is 49.0 Å². The van der Waals surface area contributed by atoms with E-state index in [0.717, 1.165) is 29.7 Å². The number of amides is 1. The van der Waals surface area contributed by atoms with Crippen LogP contribution in [0.15, 0.2) is 64.5 Å². The Bertz CT molecular complexity index is 1530. The van der Waals surface area contributed by atoms with Crippen LogP contribution in [-0.2, 0) is 22.4 Å². The molecule has 4 aromatic rings. The van der Waals surface area contributed by atoms with Gasteiger partial charge in [0, 0.05) is 4.88 Å². The number of thiophene rings is 1. The third-order valence-electron chi connectivity index (χ3n) is 6.34. The van der Waals surface area contributed by atoms with E-state index in [4.69, 9.17) is 9.72 Å². The second kappa shape index (κ2) is 10.9. The van der Waals surface area contributed by atoms with E-state index in [2.05, 4.69) is 12.2 Å². The Morgan fingerprint density at radius 3 is 2.70 bits per heavy atom. The highest BCUT2D eigenvalue weighted by atomic mass is 32.2. The molecule has 190 valence electrons. The van der Waals surface area contributed by atoms with Crippen LogP contribution in [0.4, 0.5) is 5.69 Å². The van der Waals surface area contributed by atoms with E-state index in [0.29, 0.717) is 33.4 Å². The Morgan fingerprint density at radius 1 is 1.16 bits per heavy atom. The van der Waals surface area contributed by atoms with Crippen molar-refractivity contribution in [2.45, 2.75) is 38.3 Å². The maximum Gasteiger partial charge on any atom is 0.340 e. The van der Waals surface area contributed by atoms with Gasteiger partial charge in [0.2, 0.25) is 5.91 Å². The van der Waals surface area contributed by atoms with Crippen molar-refractivity contribution >= 4 is 50.9 Å². The first kappa shape index (κ1) is 25.2. The lowest BCUT2D eigenvalue weighted by Crippen LogP contribution is -2.23. The van der Waals surface area contributed by atoms with E-state index in [1.165, 1.54) is 16.6 Å². The van der Waals surface area contributed by atoms with Gasteiger partial charge in [-0.05, 0) is 61.9 Å². The van der Waals surface area contributed by atoms with Crippen molar-refractivity contribution in [1.29, 1.82) is 0 Å². The number of anilines is 1. The molecule has 2 heterocycles. The number of aryl methyl sites for hydroxylation is 1. The normalized spacial score (nSPS) is 14.8. The molecule has 37 heavy (non-hydrogen) atoms. The number of para-hydroxylation sites is 2. The molecule has 0 bridgehead atoms. The Labute approximate surface area is 222 Å². The Kier molecular flexibility index (Phi) is 7.43. The summed E-state index contributed by atoms with van der Waals surface area (Å²) in [6, 6.07) is 16.1. The number of nitrogens with zero attached hydrogens (tertiary/aromatic N) is 2. The first-order valence-electron chi connectivity index (χ1n) is 12.3. The number of carbonyl (C=O) groups is 2. The minimum absolute atomic E-state index is 0.0179. The van der Waals surface area contributed by atoms with Crippen molar-refractivity contribution in [2.24, 2.45) is 5.92 Å². The number of nitrogens with one attached hydrogen (secondary N) is 1. The van der Waals surface area contributed by atoms with E-state index in [1.807, 2.05) is 30.3 Å². The van der Waals surface area contributed by atoms with E-state index in [9.17, 15) is 14.4 Å². The summed E-state index contributed by atoms with van der Waals surface area (Å²) in [5.41, 5.74) is 2.42. The molecule has 0 radical (unpaired) electrons. The summed E-state index contributed by atoms with van der Waals surface area (Å²) in [4.78, 5) is 45.9. The van der Waals surface area contributed by atoms with Gasteiger partial charge in [0.1, 0.15) is 4.83 Å². The molecule has 0 saturated carbocycles. The summed E-state index contributed by atoms with van der Waals surface area (Å²) in [6.45, 7) is 4.21. The van der Waals surface area contributed by atoms with Gasteiger partial charge >= 0.3 is 5.97 Å². The molecular weight excluding hydrogens is 506 g/mol. The first-order chi connectivity index (χ1) is 18.0. The van der Waals surface area contributed by atoms with Crippen molar-refractivity contribution < 1.29 is 14.3 Å². The summed E-state index contributed by atoms with van der Waals surface area (Å²) in [5.74, 6) is -0.196. The lowest BCUT2D eigenvalue weighted by molar-refractivity contribution is -0.113. The molecule has 1 amide bonds. The SMILES string of the molecule is CCOC(=O)c1ccccc1NC(=O)CSc1nc2sc3c(c2c(=O)n1-c1ccccc1)CCC(C)C3. The molecule has 1 atom stereocenters. The summed E-state index contributed by atoms with van der Waals surface area (Å²) in [5, 5.41) is 3.97. The molecule has 1 N–H and O–H groups in total. The van der Waals surface area contributed by atoms with Gasteiger partial charge in [-0.3, -0.25) is 14.2 Å². The third-order valence-corrected chi connectivity index (χ3v) is 8.43. The molecule has 1 aliphatic rings. The highest BCUT2D eigenvalue weighted by Crippen LogP contribution is 2.37. The standard InChI is InChI=1S/C28H27N3O4S2/c1-3-35-27(34)19-11-7-8-12-21(19)29-23(32)16-36-28-30-25-24(20-14-13-17(2)15-22(20)37-25)26(33)31(28)18-9-5-4-6-10-18/h4-12,17H,3,13-16H2,1-2H3,(H,29,32). The topological polar surface area (TPSA) is 90.3 Å². The fraction of sp³-hybridized carbons (Fsp3) is 0.286. The van der Waals surface area contributed by atoms with E-state index < -0.39 is 5.97 Å². The largest absolute Gasteiger partial charge is 0.462 e. The third kappa shape index (κ3) is 5.19. The van der Waals surface area contributed by atoms with Gasteiger partial charge in [0.15, 0.2) is 5.16 Å². The fourth-order valence-electron chi connectivity index (χ4n) is 4.57. The predicted molar refractivity (Wildman–Crippen MR) is 148 cm³/mol. The van der Waals surface area contributed by atoms with Gasteiger partial charge in [0.05, 0.1) is 34.7 Å². The number of carbonyl (C=O) groups excluding carboxylic acids is 2. The first-order valence-corrected chi connectivity index (χ1v) is 14.1. The maximum absolute atomic E-state index is 13.8. The van der Waals surface area contributed by atoms with Crippen LogP contribution >= 0.6 is 23.1 Å². The van der Waals surface area contributed by atoms with Crippen molar-refractivity contribution in [3.8, 4) is 5.69 Å². The number of aromatic nitrogens is 2. The quantitative estimate of drug-likeness (QED) is 0.192. The van der Waals surface area contributed by atoms with Crippen LogP contribution in [0, 0.1) is 5.92 Å². The van der Waals surface area contributed by atoms with Crippen LogP contribution in [0.1, 0.15) is 41.1 Å². The average Bonchev–Trinajstić information content (AvgIpc) is 3.26. The minimum Gasteiger partial charge on any atom is -0.462 e. The lowest BCUT2D eigenvalue weighted by atomic mass is 9.89. The zero-order chi connectivity index (χ0) is 25.9. The zero-order valence-corrected chi connectivity index (χ0v) is 22.3. The van der Waals surface area contributed by atoms with Crippen molar-refractivity contribution in [2.75, 3.05) is 17.7 Å². The van der Waals surface area contributed by atoms with Gasteiger partial charge in [-0.25, -0.2) is 9.78 Å². The second-order valence-corrected chi connectivity index (χ2v) is 11.0. The Morgan fingerprint density at radius 2 is 1.92 bits per heavy atom. The van der Waals surface area contributed by atoms with E-state index in [1.54, 1.807) is 47.1 Å². The van der Waals surface area contributed by atoms with Gasteiger partial charge in [0.25, 0.3) is 5.56 Å². The molecule has 0 aliphatic heterocycles. The molecule has 0 saturated heterocycles. The predicted octanol–water partition coefficient (Wildman–Crippen LogP) is 5.48. The number of hydrogen-bond donors (Lipinski definition) is 1. The molecule has 5 rings (SSSR count). The van der Waals surface area contributed by atoms with E-state index in [-0.39, 0.29) is 23.8 Å². The number of benzene rings is 2. The molecule has 0 spiro atoms. The minimum atomic E-state index is -0.493. The average molecular weight is 534 g/mol. The van der Waals surface area contributed by atoms with Crippen molar-refractivity contribution in [3.05, 3.63) is 81.0 Å². The van der Waals surface area contributed by atoms with Crippen LogP contribution in [0.25, 0.3) is 15.9 Å². The van der Waals surface area contributed by atoms with Crippen LogP contribution in [0.5, 0.6) is 0 Å². The molecular formula is C28H27N3O4S2. The number of thioether (sulfide) groups is 1. The molecule has 1 unspecified atom stereocenters.